The number of rotatable bonds is 2. The zero-order chi connectivity index (χ0) is 13.9. The van der Waals surface area contributed by atoms with Crippen molar-refractivity contribution in [2.45, 2.75) is 6.18 Å². The summed E-state index contributed by atoms with van der Waals surface area (Å²) >= 11 is 3.02. The van der Waals surface area contributed by atoms with Crippen LogP contribution in [0.15, 0.2) is 22.7 Å². The van der Waals surface area contributed by atoms with Gasteiger partial charge in [-0.1, -0.05) is 15.9 Å². The molecule has 1 aromatic rings. The number of carbonyl (C=O) groups excluding carboxylic acids is 2. The van der Waals surface area contributed by atoms with Crippen molar-refractivity contribution in [2.75, 3.05) is 12.4 Å². The average Bonchev–Trinajstić information content (AvgIpc) is 2.27. The maximum atomic E-state index is 12.1. The summed E-state index contributed by atoms with van der Waals surface area (Å²) in [4.78, 5) is 22.1. The van der Waals surface area contributed by atoms with Gasteiger partial charge in [0, 0.05) is 4.47 Å². The quantitative estimate of drug-likeness (QED) is 0.851. The van der Waals surface area contributed by atoms with Crippen LogP contribution in [0.4, 0.5) is 18.9 Å². The molecular weight excluding hydrogens is 319 g/mol. The second kappa shape index (κ2) is 5.38. The predicted molar refractivity (Wildman–Crippen MR) is 60.2 cm³/mol. The number of alkyl halides is 3. The average molecular weight is 326 g/mol. The van der Waals surface area contributed by atoms with E-state index in [9.17, 15) is 22.8 Å². The summed E-state index contributed by atoms with van der Waals surface area (Å²) in [6.45, 7) is 0. The Labute approximate surface area is 108 Å². The Morgan fingerprint density at radius 1 is 1.33 bits per heavy atom. The molecule has 0 bridgehead atoms. The van der Waals surface area contributed by atoms with Gasteiger partial charge in [0.15, 0.2) is 0 Å². The predicted octanol–water partition coefficient (Wildman–Crippen LogP) is 2.74. The highest BCUT2D eigenvalue weighted by molar-refractivity contribution is 9.10. The molecule has 0 aliphatic heterocycles. The minimum absolute atomic E-state index is 0.168. The molecule has 1 aromatic carbocycles. The first-order valence-corrected chi connectivity index (χ1v) is 5.31. The van der Waals surface area contributed by atoms with Crippen molar-refractivity contribution < 1.29 is 27.5 Å². The number of hydrogen-bond acceptors (Lipinski definition) is 3. The summed E-state index contributed by atoms with van der Waals surface area (Å²) in [5.41, 5.74) is -0.447. The maximum Gasteiger partial charge on any atom is 0.471 e. The molecule has 1 rings (SSSR count). The second-order valence-corrected chi connectivity index (χ2v) is 4.05. The van der Waals surface area contributed by atoms with Gasteiger partial charge in [0.1, 0.15) is 0 Å². The van der Waals surface area contributed by atoms with Crippen LogP contribution in [-0.4, -0.2) is 25.2 Å². The first-order valence-electron chi connectivity index (χ1n) is 4.51. The number of amides is 1. The highest BCUT2D eigenvalue weighted by Crippen LogP contribution is 2.25. The molecule has 0 unspecified atom stereocenters. The molecule has 0 aliphatic rings. The highest BCUT2D eigenvalue weighted by Gasteiger charge is 2.39. The van der Waals surface area contributed by atoms with E-state index in [2.05, 4.69) is 20.7 Å². The zero-order valence-corrected chi connectivity index (χ0v) is 10.6. The van der Waals surface area contributed by atoms with Gasteiger partial charge in [-0.25, -0.2) is 4.79 Å². The lowest BCUT2D eigenvalue weighted by Gasteiger charge is -2.11. The van der Waals surface area contributed by atoms with Gasteiger partial charge in [-0.2, -0.15) is 13.2 Å². The van der Waals surface area contributed by atoms with Crippen molar-refractivity contribution in [3.63, 3.8) is 0 Å². The Hall–Kier alpha value is -1.57. The molecule has 0 saturated carbocycles. The molecule has 0 spiro atoms. The lowest BCUT2D eigenvalue weighted by atomic mass is 10.2. The minimum atomic E-state index is -5.03. The monoisotopic (exact) mass is 325 g/mol. The van der Waals surface area contributed by atoms with Crippen molar-refractivity contribution in [2.24, 2.45) is 0 Å². The van der Waals surface area contributed by atoms with Crippen molar-refractivity contribution in [1.29, 1.82) is 0 Å². The lowest BCUT2D eigenvalue weighted by Crippen LogP contribution is -2.30. The van der Waals surface area contributed by atoms with Crippen LogP contribution in [0, 0.1) is 0 Å². The van der Waals surface area contributed by atoms with Crippen LogP contribution in [0.2, 0.25) is 0 Å². The third kappa shape index (κ3) is 3.46. The van der Waals surface area contributed by atoms with Gasteiger partial charge < -0.3 is 10.1 Å². The molecule has 0 heterocycles. The normalized spacial score (nSPS) is 10.9. The Kier molecular flexibility index (Phi) is 4.33. The SMILES string of the molecule is COC(=O)c1ccc(Br)cc1NC(=O)C(F)(F)F. The van der Waals surface area contributed by atoms with E-state index in [0.29, 0.717) is 4.47 Å². The van der Waals surface area contributed by atoms with Crippen LogP contribution in [0.25, 0.3) is 0 Å². The molecule has 0 saturated heterocycles. The Morgan fingerprint density at radius 3 is 2.44 bits per heavy atom. The molecule has 0 atom stereocenters. The van der Waals surface area contributed by atoms with E-state index in [1.54, 1.807) is 5.32 Å². The molecular formula is C10H7BrF3NO3. The number of nitrogens with one attached hydrogen (secondary N) is 1. The number of methoxy groups -OCH3 is 1. The van der Waals surface area contributed by atoms with Gasteiger partial charge in [0.2, 0.25) is 0 Å². The van der Waals surface area contributed by atoms with Gasteiger partial charge in [0.25, 0.3) is 0 Å². The Bertz CT molecular complexity index is 488. The standard InChI is InChI=1S/C10H7BrF3NO3/c1-18-8(16)6-3-2-5(11)4-7(6)15-9(17)10(12,13)14/h2-4H,1H3,(H,15,17). The smallest absolute Gasteiger partial charge is 0.465 e. The topological polar surface area (TPSA) is 55.4 Å². The van der Waals surface area contributed by atoms with Gasteiger partial charge >= 0.3 is 18.1 Å². The van der Waals surface area contributed by atoms with E-state index in [0.717, 1.165) is 7.11 Å². The number of benzene rings is 1. The first kappa shape index (κ1) is 14.5. The zero-order valence-electron chi connectivity index (χ0n) is 8.97. The molecule has 1 amide bonds. The molecule has 0 radical (unpaired) electrons. The largest absolute Gasteiger partial charge is 0.471 e. The maximum absolute atomic E-state index is 12.1. The van der Waals surface area contributed by atoms with Crippen LogP contribution >= 0.6 is 15.9 Å². The molecule has 18 heavy (non-hydrogen) atoms. The van der Waals surface area contributed by atoms with Crippen LogP contribution in [-0.2, 0) is 9.53 Å². The van der Waals surface area contributed by atoms with Crippen molar-refractivity contribution >= 4 is 33.5 Å². The summed E-state index contributed by atoms with van der Waals surface area (Å²) in [5, 5.41) is 1.61. The van der Waals surface area contributed by atoms with Crippen LogP contribution < -0.4 is 5.32 Å². The van der Waals surface area contributed by atoms with E-state index in [1.165, 1.54) is 18.2 Å². The van der Waals surface area contributed by atoms with Crippen LogP contribution in [0.5, 0.6) is 0 Å². The van der Waals surface area contributed by atoms with Crippen molar-refractivity contribution in [3.8, 4) is 0 Å². The van der Waals surface area contributed by atoms with Crippen LogP contribution in [0.3, 0.4) is 0 Å². The summed E-state index contributed by atoms with van der Waals surface area (Å²) < 4.78 is 41.1. The van der Waals surface area contributed by atoms with Gasteiger partial charge in [-0.15, -0.1) is 0 Å². The number of hydrogen-bond donors (Lipinski definition) is 1. The fourth-order valence-corrected chi connectivity index (χ4v) is 1.46. The summed E-state index contributed by atoms with van der Waals surface area (Å²) in [7, 11) is 1.08. The number of halogens is 4. The Morgan fingerprint density at radius 2 is 1.94 bits per heavy atom. The third-order valence-corrected chi connectivity index (χ3v) is 2.39. The van der Waals surface area contributed by atoms with Gasteiger partial charge in [-0.3, -0.25) is 4.79 Å². The van der Waals surface area contributed by atoms with Crippen molar-refractivity contribution in [3.05, 3.63) is 28.2 Å². The summed E-state index contributed by atoms with van der Waals surface area (Å²) in [5.74, 6) is -3.01. The molecule has 0 aromatic heterocycles. The lowest BCUT2D eigenvalue weighted by molar-refractivity contribution is -0.167. The minimum Gasteiger partial charge on any atom is -0.465 e. The molecule has 98 valence electrons. The number of esters is 1. The number of ether oxygens (including phenoxy) is 1. The fraction of sp³-hybridized carbons (Fsp3) is 0.200. The molecule has 4 nitrogen and oxygen atoms in total. The molecule has 1 N–H and O–H groups in total. The molecule has 0 fully saturated rings. The van der Waals surface area contributed by atoms with E-state index >= 15 is 0 Å². The first-order chi connectivity index (χ1) is 8.25. The number of anilines is 1. The highest BCUT2D eigenvalue weighted by atomic mass is 79.9. The van der Waals surface area contributed by atoms with Crippen LogP contribution in [0.1, 0.15) is 10.4 Å². The van der Waals surface area contributed by atoms with Gasteiger partial charge in [0.05, 0.1) is 18.4 Å². The summed E-state index contributed by atoms with van der Waals surface area (Å²) in [6.07, 6.45) is -5.03. The third-order valence-electron chi connectivity index (χ3n) is 1.89. The van der Waals surface area contributed by atoms with E-state index in [4.69, 9.17) is 0 Å². The Balaban J connectivity index is 3.11. The van der Waals surface area contributed by atoms with E-state index in [1.807, 2.05) is 0 Å². The summed E-state index contributed by atoms with van der Waals surface area (Å²) in [6, 6.07) is 3.85. The van der Waals surface area contributed by atoms with E-state index in [-0.39, 0.29) is 11.3 Å². The number of carbonyl (C=O) groups is 2. The fourth-order valence-electron chi connectivity index (χ4n) is 1.10. The van der Waals surface area contributed by atoms with Crippen molar-refractivity contribution in [1.82, 2.24) is 0 Å². The molecule has 0 aliphatic carbocycles. The second-order valence-electron chi connectivity index (χ2n) is 3.13. The molecule has 8 heteroatoms. The van der Waals surface area contributed by atoms with Gasteiger partial charge in [-0.05, 0) is 18.2 Å². The van der Waals surface area contributed by atoms with E-state index < -0.39 is 18.1 Å².